The van der Waals surface area contributed by atoms with Crippen LogP contribution in [0.4, 0.5) is 0 Å². The van der Waals surface area contributed by atoms with Crippen molar-refractivity contribution in [2.24, 2.45) is 11.8 Å². The number of aliphatic hydroxyl groups excluding tert-OH is 1. The van der Waals surface area contributed by atoms with E-state index in [4.69, 9.17) is 5.11 Å². The Kier molecular flexibility index (Phi) is 7.17. The maximum absolute atomic E-state index is 8.77. The first kappa shape index (κ1) is 11.7. The van der Waals surface area contributed by atoms with Crippen molar-refractivity contribution in [3.8, 4) is 0 Å². The van der Waals surface area contributed by atoms with Gasteiger partial charge in [0.1, 0.15) is 0 Å². The number of aliphatic hydroxyl groups is 1. The Morgan fingerprint density at radius 1 is 1.33 bits per heavy atom. The highest BCUT2D eigenvalue weighted by atomic mass is 16.3. The fourth-order valence-corrected chi connectivity index (χ4v) is 1.17. The van der Waals surface area contributed by atoms with Gasteiger partial charge in [-0.2, -0.15) is 0 Å². The maximum atomic E-state index is 8.77. The molecule has 0 aliphatic heterocycles. The molecule has 0 aliphatic carbocycles. The summed E-state index contributed by atoms with van der Waals surface area (Å²) in [4.78, 5) is 0. The van der Waals surface area contributed by atoms with Gasteiger partial charge >= 0.3 is 0 Å². The molecular weight excluding hydrogens is 148 g/mol. The lowest BCUT2D eigenvalue weighted by Gasteiger charge is -2.04. The van der Waals surface area contributed by atoms with Gasteiger partial charge in [0.2, 0.25) is 0 Å². The van der Waals surface area contributed by atoms with Gasteiger partial charge in [0, 0.05) is 6.61 Å². The van der Waals surface area contributed by atoms with Crippen LogP contribution in [0.25, 0.3) is 0 Å². The van der Waals surface area contributed by atoms with Crippen LogP contribution >= 0.6 is 0 Å². The monoisotopic (exact) mass is 170 g/mol. The molecule has 2 atom stereocenters. The molecule has 2 unspecified atom stereocenters. The Morgan fingerprint density at radius 3 is 2.50 bits per heavy atom. The Morgan fingerprint density at radius 2 is 2.00 bits per heavy atom. The van der Waals surface area contributed by atoms with Crippen molar-refractivity contribution in [3.05, 3.63) is 12.2 Å². The van der Waals surface area contributed by atoms with Crippen LogP contribution in [0, 0.1) is 11.8 Å². The molecule has 0 radical (unpaired) electrons. The second-order valence-electron chi connectivity index (χ2n) is 3.72. The highest BCUT2D eigenvalue weighted by Gasteiger charge is 1.97. The summed E-state index contributed by atoms with van der Waals surface area (Å²) < 4.78 is 0. The second kappa shape index (κ2) is 7.35. The molecule has 0 saturated carbocycles. The van der Waals surface area contributed by atoms with E-state index in [9.17, 15) is 0 Å². The lowest BCUT2D eigenvalue weighted by Crippen LogP contribution is -1.98. The van der Waals surface area contributed by atoms with Crippen molar-refractivity contribution in [2.75, 3.05) is 6.61 Å². The van der Waals surface area contributed by atoms with E-state index in [1.54, 1.807) is 0 Å². The molecule has 0 fully saturated rings. The van der Waals surface area contributed by atoms with Crippen LogP contribution in [0.3, 0.4) is 0 Å². The van der Waals surface area contributed by atoms with Crippen LogP contribution in [0.2, 0.25) is 0 Å². The van der Waals surface area contributed by atoms with Crippen LogP contribution in [0.1, 0.15) is 40.0 Å². The van der Waals surface area contributed by atoms with Crippen LogP contribution in [-0.2, 0) is 0 Å². The Labute approximate surface area is 76.5 Å². The molecule has 72 valence electrons. The third kappa shape index (κ3) is 6.41. The maximum Gasteiger partial charge on any atom is 0.0459 e. The molecule has 0 aromatic carbocycles. The summed E-state index contributed by atoms with van der Waals surface area (Å²) in [6.45, 7) is 6.81. The van der Waals surface area contributed by atoms with Gasteiger partial charge < -0.3 is 5.11 Å². The minimum atomic E-state index is 0.298. The van der Waals surface area contributed by atoms with Crippen LogP contribution in [-0.4, -0.2) is 11.7 Å². The summed E-state index contributed by atoms with van der Waals surface area (Å²) in [5.41, 5.74) is 0. The molecule has 0 spiro atoms. The largest absolute Gasteiger partial charge is 0.396 e. The first-order valence-corrected chi connectivity index (χ1v) is 4.98. The predicted octanol–water partition coefficient (Wildman–Crippen LogP) is 3.00. The second-order valence-corrected chi connectivity index (χ2v) is 3.72. The van der Waals surface area contributed by atoms with Gasteiger partial charge in [-0.3, -0.25) is 0 Å². The summed E-state index contributed by atoms with van der Waals surface area (Å²) in [5, 5.41) is 8.77. The third-order valence-electron chi connectivity index (χ3n) is 2.06. The van der Waals surface area contributed by atoms with Crippen molar-refractivity contribution in [1.82, 2.24) is 0 Å². The standard InChI is InChI=1S/C11H22O/c1-4-6-10(2)7-5-8-11(3)9-12/h5,7,10-12H,4,6,8-9H2,1-3H3. The van der Waals surface area contributed by atoms with Crippen molar-refractivity contribution < 1.29 is 5.11 Å². The highest BCUT2D eigenvalue weighted by Crippen LogP contribution is 2.08. The number of allylic oxidation sites excluding steroid dienone is 2. The van der Waals surface area contributed by atoms with Gasteiger partial charge in [-0.05, 0) is 24.7 Å². The Hall–Kier alpha value is -0.300. The first-order chi connectivity index (χ1) is 5.70. The van der Waals surface area contributed by atoms with E-state index in [1.165, 1.54) is 12.8 Å². The first-order valence-electron chi connectivity index (χ1n) is 4.98. The summed E-state index contributed by atoms with van der Waals surface area (Å²) in [5.74, 6) is 1.11. The normalized spacial score (nSPS) is 16.7. The van der Waals surface area contributed by atoms with Gasteiger partial charge in [0.05, 0.1) is 0 Å². The molecule has 12 heavy (non-hydrogen) atoms. The Balaban J connectivity index is 3.46. The molecule has 0 saturated heterocycles. The van der Waals surface area contributed by atoms with Crippen molar-refractivity contribution in [1.29, 1.82) is 0 Å². The Bertz CT molecular complexity index is 118. The van der Waals surface area contributed by atoms with Crippen LogP contribution < -0.4 is 0 Å². The minimum Gasteiger partial charge on any atom is -0.396 e. The SMILES string of the molecule is CCCC(C)C=CCC(C)CO. The van der Waals surface area contributed by atoms with E-state index < -0.39 is 0 Å². The van der Waals surface area contributed by atoms with Crippen molar-refractivity contribution in [2.45, 2.75) is 40.0 Å². The molecule has 0 bridgehead atoms. The van der Waals surface area contributed by atoms with E-state index in [0.717, 1.165) is 6.42 Å². The topological polar surface area (TPSA) is 20.2 Å². The van der Waals surface area contributed by atoms with E-state index in [2.05, 4.69) is 32.9 Å². The lowest BCUT2D eigenvalue weighted by atomic mass is 10.0. The van der Waals surface area contributed by atoms with Gasteiger partial charge in [-0.25, -0.2) is 0 Å². The molecule has 0 heterocycles. The van der Waals surface area contributed by atoms with Crippen molar-refractivity contribution in [3.63, 3.8) is 0 Å². The van der Waals surface area contributed by atoms with E-state index in [-0.39, 0.29) is 0 Å². The zero-order valence-corrected chi connectivity index (χ0v) is 8.59. The summed E-state index contributed by atoms with van der Waals surface area (Å²) in [6.07, 6.45) is 7.98. The predicted molar refractivity (Wildman–Crippen MR) is 54.1 cm³/mol. The van der Waals surface area contributed by atoms with Crippen LogP contribution in [0.15, 0.2) is 12.2 Å². The van der Waals surface area contributed by atoms with E-state index in [1.807, 2.05) is 0 Å². The number of hydrogen-bond acceptors (Lipinski definition) is 1. The zero-order chi connectivity index (χ0) is 9.40. The molecule has 1 heteroatoms. The van der Waals surface area contributed by atoms with E-state index >= 15 is 0 Å². The van der Waals surface area contributed by atoms with Gasteiger partial charge in [-0.15, -0.1) is 0 Å². The summed E-state index contributed by atoms with van der Waals surface area (Å²) in [6, 6.07) is 0. The number of rotatable bonds is 6. The fourth-order valence-electron chi connectivity index (χ4n) is 1.17. The highest BCUT2D eigenvalue weighted by molar-refractivity contribution is 4.87. The molecular formula is C11H22O. The number of hydrogen-bond donors (Lipinski definition) is 1. The molecule has 0 amide bonds. The molecule has 0 aliphatic rings. The van der Waals surface area contributed by atoms with E-state index in [0.29, 0.717) is 18.4 Å². The average Bonchev–Trinajstić information content (AvgIpc) is 2.04. The molecule has 1 N–H and O–H groups in total. The smallest absolute Gasteiger partial charge is 0.0459 e. The zero-order valence-electron chi connectivity index (χ0n) is 8.59. The van der Waals surface area contributed by atoms with Gasteiger partial charge in [-0.1, -0.05) is 39.3 Å². The summed E-state index contributed by atoms with van der Waals surface area (Å²) >= 11 is 0. The van der Waals surface area contributed by atoms with Crippen LogP contribution in [0.5, 0.6) is 0 Å². The fraction of sp³-hybridized carbons (Fsp3) is 0.818. The van der Waals surface area contributed by atoms with Gasteiger partial charge in [0.25, 0.3) is 0 Å². The molecule has 0 aromatic heterocycles. The molecule has 1 nitrogen and oxygen atoms in total. The minimum absolute atomic E-state index is 0.298. The van der Waals surface area contributed by atoms with Gasteiger partial charge in [0.15, 0.2) is 0 Å². The molecule has 0 aromatic rings. The average molecular weight is 170 g/mol. The molecule has 0 rings (SSSR count). The summed E-state index contributed by atoms with van der Waals surface area (Å²) in [7, 11) is 0. The van der Waals surface area contributed by atoms with Crippen molar-refractivity contribution >= 4 is 0 Å². The third-order valence-corrected chi connectivity index (χ3v) is 2.06. The lowest BCUT2D eigenvalue weighted by molar-refractivity contribution is 0.238. The quantitative estimate of drug-likeness (QED) is 0.608.